The molecule has 1 aliphatic heterocycles. The summed E-state index contributed by atoms with van der Waals surface area (Å²) < 4.78 is 1.74. The Bertz CT molecular complexity index is 693. The molecule has 2 aromatic heterocycles. The fourth-order valence-electron chi connectivity index (χ4n) is 3.12. The number of carbonyl (C=O) groups is 1. The Hall–Kier alpha value is -1.95. The van der Waals surface area contributed by atoms with Gasteiger partial charge in [0.15, 0.2) is 5.65 Å². The van der Waals surface area contributed by atoms with Crippen LogP contribution in [0.25, 0.3) is 5.65 Å². The zero-order valence-electron chi connectivity index (χ0n) is 12.7. The Morgan fingerprint density at radius 3 is 2.90 bits per heavy atom. The van der Waals surface area contributed by atoms with Crippen LogP contribution in [0.5, 0.6) is 0 Å². The lowest BCUT2D eigenvalue weighted by molar-refractivity contribution is 0.0741. The van der Waals surface area contributed by atoms with Gasteiger partial charge in [-0.05, 0) is 39.7 Å². The van der Waals surface area contributed by atoms with Gasteiger partial charge in [0.25, 0.3) is 5.91 Å². The molecule has 1 aliphatic rings. The molecule has 2 unspecified atom stereocenters. The van der Waals surface area contributed by atoms with Crippen LogP contribution in [0.1, 0.15) is 35.1 Å². The van der Waals surface area contributed by atoms with Gasteiger partial charge in [0, 0.05) is 24.8 Å². The number of rotatable bonds is 2. The molecule has 1 amide bonds. The summed E-state index contributed by atoms with van der Waals surface area (Å²) in [7, 11) is 0. The zero-order valence-corrected chi connectivity index (χ0v) is 12.7. The van der Waals surface area contributed by atoms with E-state index in [9.17, 15) is 4.79 Å². The van der Waals surface area contributed by atoms with E-state index in [0.717, 1.165) is 30.0 Å². The summed E-state index contributed by atoms with van der Waals surface area (Å²) in [6.07, 6.45) is 2.63. The highest BCUT2D eigenvalue weighted by atomic mass is 16.2. The highest BCUT2D eigenvalue weighted by molar-refractivity contribution is 5.95. The Morgan fingerprint density at radius 2 is 2.24 bits per heavy atom. The molecule has 0 radical (unpaired) electrons. The number of hydrogen-bond donors (Lipinski definition) is 1. The average molecular weight is 287 g/mol. The number of amides is 1. The number of aryl methyl sites for hydroxylation is 2. The van der Waals surface area contributed by atoms with E-state index in [4.69, 9.17) is 5.73 Å². The molecule has 1 fully saturated rings. The first-order valence-corrected chi connectivity index (χ1v) is 7.34. The summed E-state index contributed by atoms with van der Waals surface area (Å²) in [5.41, 5.74) is 8.87. The highest BCUT2D eigenvalue weighted by Gasteiger charge is 2.33. The molecule has 0 aromatic carbocycles. The van der Waals surface area contributed by atoms with Gasteiger partial charge in [-0.15, -0.1) is 0 Å². The van der Waals surface area contributed by atoms with E-state index in [-0.39, 0.29) is 11.9 Å². The van der Waals surface area contributed by atoms with Crippen LogP contribution < -0.4 is 5.73 Å². The zero-order chi connectivity index (χ0) is 15.1. The lowest BCUT2D eigenvalue weighted by atomic mass is 10.1. The summed E-state index contributed by atoms with van der Waals surface area (Å²) in [6.45, 7) is 7.27. The first-order chi connectivity index (χ1) is 10.0. The molecule has 112 valence electrons. The molecule has 0 spiro atoms. The molecule has 2 aromatic rings. The molecule has 0 bridgehead atoms. The van der Waals surface area contributed by atoms with E-state index < -0.39 is 0 Å². The third-order valence-corrected chi connectivity index (χ3v) is 4.33. The quantitative estimate of drug-likeness (QED) is 0.899. The fourth-order valence-corrected chi connectivity index (χ4v) is 3.12. The van der Waals surface area contributed by atoms with Crippen LogP contribution in [0.4, 0.5) is 0 Å². The number of aromatic nitrogens is 3. The van der Waals surface area contributed by atoms with Gasteiger partial charge in [0.05, 0.1) is 17.0 Å². The van der Waals surface area contributed by atoms with Crippen molar-refractivity contribution in [2.24, 2.45) is 11.7 Å². The number of nitrogens with two attached hydrogens (primary N) is 1. The summed E-state index contributed by atoms with van der Waals surface area (Å²) in [5, 5.41) is 4.40. The third kappa shape index (κ3) is 2.29. The second-order valence-corrected chi connectivity index (χ2v) is 5.96. The molecule has 6 nitrogen and oxygen atoms in total. The van der Waals surface area contributed by atoms with Gasteiger partial charge in [0.1, 0.15) is 0 Å². The van der Waals surface area contributed by atoms with Gasteiger partial charge in [-0.1, -0.05) is 0 Å². The molecule has 3 rings (SSSR count). The largest absolute Gasteiger partial charge is 0.335 e. The molecule has 0 saturated carbocycles. The first-order valence-electron chi connectivity index (χ1n) is 7.34. The van der Waals surface area contributed by atoms with Crippen molar-refractivity contribution < 1.29 is 4.79 Å². The van der Waals surface area contributed by atoms with Gasteiger partial charge >= 0.3 is 0 Å². The van der Waals surface area contributed by atoms with Crippen molar-refractivity contribution in [2.45, 2.75) is 33.2 Å². The molecule has 21 heavy (non-hydrogen) atoms. The lowest BCUT2D eigenvalue weighted by Gasteiger charge is -2.22. The summed E-state index contributed by atoms with van der Waals surface area (Å²) in [4.78, 5) is 19.0. The van der Waals surface area contributed by atoms with Crippen LogP contribution in [0.2, 0.25) is 0 Å². The van der Waals surface area contributed by atoms with Crippen molar-refractivity contribution in [3.63, 3.8) is 0 Å². The molecule has 2 atom stereocenters. The SMILES string of the molecule is Cc1cc2ncc(C(=O)N3CC(CN)CC3C)c(C)n2n1. The second-order valence-electron chi connectivity index (χ2n) is 5.96. The van der Waals surface area contributed by atoms with E-state index in [0.29, 0.717) is 18.0 Å². The van der Waals surface area contributed by atoms with E-state index in [1.165, 1.54) is 0 Å². The van der Waals surface area contributed by atoms with E-state index in [1.807, 2.05) is 24.8 Å². The highest BCUT2D eigenvalue weighted by Crippen LogP contribution is 2.25. The minimum absolute atomic E-state index is 0.0264. The molecular weight excluding hydrogens is 266 g/mol. The molecule has 2 N–H and O–H groups in total. The summed E-state index contributed by atoms with van der Waals surface area (Å²) >= 11 is 0. The Morgan fingerprint density at radius 1 is 1.48 bits per heavy atom. The van der Waals surface area contributed by atoms with Crippen LogP contribution >= 0.6 is 0 Å². The van der Waals surface area contributed by atoms with Crippen LogP contribution in [0.3, 0.4) is 0 Å². The first kappa shape index (κ1) is 14.0. The third-order valence-electron chi connectivity index (χ3n) is 4.33. The van der Waals surface area contributed by atoms with Gasteiger partial charge in [-0.2, -0.15) is 5.10 Å². The fraction of sp³-hybridized carbons (Fsp3) is 0.533. The molecule has 1 saturated heterocycles. The Balaban J connectivity index is 1.96. The second kappa shape index (κ2) is 5.11. The number of carbonyl (C=O) groups excluding carboxylic acids is 1. The van der Waals surface area contributed by atoms with E-state index in [1.54, 1.807) is 10.7 Å². The van der Waals surface area contributed by atoms with E-state index >= 15 is 0 Å². The topological polar surface area (TPSA) is 76.5 Å². The maximum Gasteiger partial charge on any atom is 0.257 e. The Labute approximate surface area is 123 Å². The van der Waals surface area contributed by atoms with Crippen molar-refractivity contribution in [1.82, 2.24) is 19.5 Å². The molecule has 0 aliphatic carbocycles. The number of hydrogen-bond acceptors (Lipinski definition) is 4. The van der Waals surface area contributed by atoms with Crippen molar-refractivity contribution in [1.29, 1.82) is 0 Å². The lowest BCUT2D eigenvalue weighted by Crippen LogP contribution is -2.35. The number of fused-ring (bicyclic) bond motifs is 1. The Kier molecular flexibility index (Phi) is 3.41. The molecule has 6 heteroatoms. The maximum atomic E-state index is 12.8. The monoisotopic (exact) mass is 287 g/mol. The standard InChI is InChI=1S/C15H21N5O/c1-9-4-14-17-7-13(11(3)20(14)18-9)15(21)19-8-12(6-16)5-10(19)2/h4,7,10,12H,5-6,8,16H2,1-3H3. The minimum Gasteiger partial charge on any atom is -0.335 e. The van der Waals surface area contributed by atoms with Crippen molar-refractivity contribution in [3.8, 4) is 0 Å². The smallest absolute Gasteiger partial charge is 0.257 e. The van der Waals surface area contributed by atoms with Crippen molar-refractivity contribution >= 4 is 11.6 Å². The van der Waals surface area contributed by atoms with Gasteiger partial charge < -0.3 is 10.6 Å². The predicted octanol–water partition coefficient (Wildman–Crippen LogP) is 1.16. The molecule has 3 heterocycles. The van der Waals surface area contributed by atoms with Crippen molar-refractivity contribution in [2.75, 3.05) is 13.1 Å². The average Bonchev–Trinajstić information content (AvgIpc) is 3.01. The number of likely N-dealkylation sites (tertiary alicyclic amines) is 1. The number of nitrogens with zero attached hydrogens (tertiary/aromatic N) is 4. The van der Waals surface area contributed by atoms with Crippen LogP contribution in [0.15, 0.2) is 12.3 Å². The normalized spacial score (nSPS) is 22.2. The predicted molar refractivity (Wildman–Crippen MR) is 80.1 cm³/mol. The van der Waals surface area contributed by atoms with Gasteiger partial charge in [-0.3, -0.25) is 4.79 Å². The van der Waals surface area contributed by atoms with Crippen LogP contribution in [0, 0.1) is 19.8 Å². The van der Waals surface area contributed by atoms with Crippen LogP contribution in [-0.4, -0.2) is 44.5 Å². The summed E-state index contributed by atoms with van der Waals surface area (Å²) in [6, 6.07) is 2.13. The van der Waals surface area contributed by atoms with E-state index in [2.05, 4.69) is 17.0 Å². The van der Waals surface area contributed by atoms with Gasteiger partial charge in [0.2, 0.25) is 0 Å². The van der Waals surface area contributed by atoms with Gasteiger partial charge in [-0.25, -0.2) is 9.50 Å². The molecular formula is C15H21N5O. The van der Waals surface area contributed by atoms with Crippen molar-refractivity contribution in [3.05, 3.63) is 29.2 Å². The minimum atomic E-state index is 0.0264. The van der Waals surface area contributed by atoms with Crippen LogP contribution in [-0.2, 0) is 0 Å². The maximum absolute atomic E-state index is 12.8. The summed E-state index contributed by atoms with van der Waals surface area (Å²) in [5.74, 6) is 0.423.